The van der Waals surface area contributed by atoms with E-state index in [2.05, 4.69) is 15.9 Å². The van der Waals surface area contributed by atoms with Crippen LogP contribution < -0.4 is 0 Å². The van der Waals surface area contributed by atoms with Crippen molar-refractivity contribution in [3.63, 3.8) is 0 Å². The van der Waals surface area contributed by atoms with E-state index in [1.807, 2.05) is 13.0 Å². The molecule has 0 fully saturated rings. The Morgan fingerprint density at radius 2 is 2.00 bits per heavy atom. The minimum atomic E-state index is -2.37. The Bertz CT molecular complexity index is 271. The largest absolute Gasteiger partial charge is 0.263 e. The van der Waals surface area contributed by atoms with Crippen LogP contribution in [-0.2, 0) is 5.33 Å². The molecule has 0 heterocycles. The molecule has 0 spiro atoms. The summed E-state index contributed by atoms with van der Waals surface area (Å²) in [5.74, 6) is 0. The normalized spacial score (nSPS) is 10.8. The highest BCUT2D eigenvalue weighted by molar-refractivity contribution is 9.08. The molecule has 0 aliphatic carbocycles. The lowest BCUT2D eigenvalue weighted by Gasteiger charge is -2.03. The van der Waals surface area contributed by atoms with Crippen LogP contribution in [0.15, 0.2) is 18.2 Å². The van der Waals surface area contributed by atoms with Gasteiger partial charge in [-0.2, -0.15) is 0 Å². The maximum Gasteiger partial charge on any atom is 0.263 e. The first-order valence-electron chi connectivity index (χ1n) is 3.58. The molecule has 0 saturated carbocycles. The van der Waals surface area contributed by atoms with E-state index in [9.17, 15) is 8.78 Å². The summed E-state index contributed by atoms with van der Waals surface area (Å²) >= 11 is 3.23. The zero-order valence-corrected chi connectivity index (χ0v) is 8.24. The molecule has 0 N–H and O–H groups in total. The fourth-order valence-corrected chi connectivity index (χ4v) is 1.42. The Labute approximate surface area is 78.7 Å². The number of halogens is 3. The van der Waals surface area contributed by atoms with Crippen molar-refractivity contribution in [3.05, 3.63) is 34.9 Å². The Kier molecular flexibility index (Phi) is 3.20. The zero-order valence-electron chi connectivity index (χ0n) is 6.65. The first kappa shape index (κ1) is 9.65. The second-order valence-corrected chi connectivity index (χ2v) is 3.25. The third-order valence-electron chi connectivity index (χ3n) is 1.57. The van der Waals surface area contributed by atoms with Crippen molar-refractivity contribution in [3.8, 4) is 0 Å². The van der Waals surface area contributed by atoms with Crippen molar-refractivity contribution in [1.82, 2.24) is 0 Å². The van der Waals surface area contributed by atoms with Gasteiger partial charge in [-0.3, -0.25) is 0 Å². The van der Waals surface area contributed by atoms with Crippen molar-refractivity contribution < 1.29 is 8.78 Å². The molecule has 0 nitrogen and oxygen atoms in total. The van der Waals surface area contributed by atoms with Crippen molar-refractivity contribution >= 4 is 15.9 Å². The second kappa shape index (κ2) is 3.99. The highest BCUT2D eigenvalue weighted by Crippen LogP contribution is 2.22. The van der Waals surface area contributed by atoms with E-state index < -0.39 is 6.43 Å². The summed E-state index contributed by atoms with van der Waals surface area (Å²) in [5.41, 5.74) is 1.87. The molecule has 66 valence electrons. The molecule has 0 bridgehead atoms. The van der Waals surface area contributed by atoms with Crippen LogP contribution in [0.2, 0.25) is 0 Å². The van der Waals surface area contributed by atoms with E-state index in [1.165, 1.54) is 12.1 Å². The molecule has 0 saturated heterocycles. The van der Waals surface area contributed by atoms with Gasteiger partial charge in [-0.05, 0) is 18.6 Å². The molecule has 0 unspecified atom stereocenters. The second-order valence-electron chi connectivity index (χ2n) is 2.69. The Hall–Kier alpha value is -0.440. The first-order valence-corrected chi connectivity index (χ1v) is 4.70. The van der Waals surface area contributed by atoms with Crippen molar-refractivity contribution in [2.75, 3.05) is 0 Å². The van der Waals surface area contributed by atoms with Gasteiger partial charge in [0.25, 0.3) is 6.43 Å². The number of rotatable bonds is 2. The predicted molar refractivity (Wildman–Crippen MR) is 48.8 cm³/mol. The molecular weight excluding hydrogens is 226 g/mol. The fourth-order valence-electron chi connectivity index (χ4n) is 1.10. The molecule has 1 aromatic rings. The summed E-state index contributed by atoms with van der Waals surface area (Å²) in [5, 5.41) is 0.619. The van der Waals surface area contributed by atoms with Crippen molar-refractivity contribution in [2.24, 2.45) is 0 Å². The van der Waals surface area contributed by atoms with Crippen LogP contribution in [0.3, 0.4) is 0 Å². The van der Waals surface area contributed by atoms with E-state index in [4.69, 9.17) is 0 Å². The SMILES string of the molecule is Cc1cc(CBr)cc(C(F)F)c1. The predicted octanol–water partition coefficient (Wildman–Crippen LogP) is 3.83. The summed E-state index contributed by atoms with van der Waals surface area (Å²) in [4.78, 5) is 0. The quantitative estimate of drug-likeness (QED) is 0.683. The summed E-state index contributed by atoms with van der Waals surface area (Å²) in [6.07, 6.45) is -2.37. The average Bonchev–Trinajstić information content (AvgIpc) is 2.03. The molecule has 0 aromatic heterocycles. The van der Waals surface area contributed by atoms with Gasteiger partial charge in [0.15, 0.2) is 0 Å². The Morgan fingerprint density at radius 1 is 1.33 bits per heavy atom. The van der Waals surface area contributed by atoms with Crippen LogP contribution in [0.25, 0.3) is 0 Å². The third kappa shape index (κ3) is 2.27. The summed E-state index contributed by atoms with van der Waals surface area (Å²) < 4.78 is 24.5. The number of hydrogen-bond donors (Lipinski definition) is 0. The van der Waals surface area contributed by atoms with Gasteiger partial charge in [0.2, 0.25) is 0 Å². The van der Waals surface area contributed by atoms with Crippen LogP contribution in [0.1, 0.15) is 23.1 Å². The molecule has 0 aliphatic rings. The Balaban J connectivity index is 3.06. The maximum absolute atomic E-state index is 12.2. The van der Waals surface area contributed by atoms with Crippen LogP contribution >= 0.6 is 15.9 Å². The van der Waals surface area contributed by atoms with E-state index >= 15 is 0 Å². The van der Waals surface area contributed by atoms with E-state index in [0.29, 0.717) is 5.33 Å². The molecule has 1 aromatic carbocycles. The van der Waals surface area contributed by atoms with Crippen molar-refractivity contribution in [2.45, 2.75) is 18.7 Å². The van der Waals surface area contributed by atoms with Crippen LogP contribution in [-0.4, -0.2) is 0 Å². The standard InChI is InChI=1S/C9H9BrF2/c1-6-2-7(5-10)4-8(3-6)9(11)12/h2-4,9H,5H2,1H3. The van der Waals surface area contributed by atoms with Gasteiger partial charge < -0.3 is 0 Å². The van der Waals surface area contributed by atoms with Gasteiger partial charge >= 0.3 is 0 Å². The molecule has 0 aliphatic heterocycles. The lowest BCUT2D eigenvalue weighted by atomic mass is 10.1. The maximum atomic E-state index is 12.2. The van der Waals surface area contributed by atoms with Gasteiger partial charge in [-0.15, -0.1) is 0 Å². The fraction of sp³-hybridized carbons (Fsp3) is 0.333. The molecule has 1 rings (SSSR count). The van der Waals surface area contributed by atoms with Crippen molar-refractivity contribution in [1.29, 1.82) is 0 Å². The van der Waals surface area contributed by atoms with E-state index in [0.717, 1.165) is 11.1 Å². The first-order chi connectivity index (χ1) is 5.63. The van der Waals surface area contributed by atoms with Crippen LogP contribution in [0, 0.1) is 6.92 Å². The minimum absolute atomic E-state index is 0.101. The highest BCUT2D eigenvalue weighted by atomic mass is 79.9. The Morgan fingerprint density at radius 3 is 2.50 bits per heavy atom. The summed E-state index contributed by atoms with van der Waals surface area (Å²) in [6.45, 7) is 1.82. The zero-order chi connectivity index (χ0) is 9.14. The molecular formula is C9H9BrF2. The van der Waals surface area contributed by atoms with Gasteiger partial charge in [-0.25, -0.2) is 8.78 Å². The molecule has 3 heteroatoms. The average molecular weight is 235 g/mol. The van der Waals surface area contributed by atoms with E-state index in [1.54, 1.807) is 0 Å². The smallest absolute Gasteiger partial charge is 0.205 e. The monoisotopic (exact) mass is 234 g/mol. The number of hydrogen-bond acceptors (Lipinski definition) is 0. The summed E-state index contributed by atoms with van der Waals surface area (Å²) in [6, 6.07) is 4.92. The minimum Gasteiger partial charge on any atom is -0.205 e. The topological polar surface area (TPSA) is 0 Å². The molecule has 0 amide bonds. The molecule has 0 radical (unpaired) electrons. The van der Waals surface area contributed by atoms with Crippen LogP contribution in [0.4, 0.5) is 8.78 Å². The van der Waals surface area contributed by atoms with Gasteiger partial charge in [0.05, 0.1) is 0 Å². The lowest BCUT2D eigenvalue weighted by Crippen LogP contribution is -1.88. The summed E-state index contributed by atoms with van der Waals surface area (Å²) in [7, 11) is 0. The van der Waals surface area contributed by atoms with Gasteiger partial charge in [-0.1, -0.05) is 33.6 Å². The number of benzene rings is 1. The number of aryl methyl sites for hydroxylation is 1. The van der Waals surface area contributed by atoms with Gasteiger partial charge in [0.1, 0.15) is 0 Å². The lowest BCUT2D eigenvalue weighted by molar-refractivity contribution is 0.151. The third-order valence-corrected chi connectivity index (χ3v) is 2.21. The molecule has 12 heavy (non-hydrogen) atoms. The molecule has 0 atom stereocenters. The van der Waals surface area contributed by atoms with Gasteiger partial charge in [0, 0.05) is 10.9 Å². The van der Waals surface area contributed by atoms with E-state index in [-0.39, 0.29) is 5.56 Å². The number of alkyl halides is 3. The highest BCUT2D eigenvalue weighted by Gasteiger charge is 2.07. The van der Waals surface area contributed by atoms with Crippen LogP contribution in [0.5, 0.6) is 0 Å².